The van der Waals surface area contributed by atoms with Crippen molar-refractivity contribution in [2.75, 3.05) is 18.6 Å². The second kappa shape index (κ2) is 9.18. The van der Waals surface area contributed by atoms with Gasteiger partial charge in [-0.15, -0.1) is 0 Å². The van der Waals surface area contributed by atoms with Gasteiger partial charge in [0.05, 0.1) is 31.0 Å². The summed E-state index contributed by atoms with van der Waals surface area (Å²) in [6.07, 6.45) is 2.01. The molecule has 1 heterocycles. The topological polar surface area (TPSA) is 67.9 Å². The highest BCUT2D eigenvalue weighted by Crippen LogP contribution is 2.42. The van der Waals surface area contributed by atoms with Crippen LogP contribution in [0.3, 0.4) is 0 Å². The fourth-order valence-electron chi connectivity index (χ4n) is 3.39. The number of methoxy groups -OCH3 is 1. The number of para-hydroxylation sites is 1. The van der Waals surface area contributed by atoms with Gasteiger partial charge in [0.25, 0.3) is 5.91 Å². The Labute approximate surface area is 175 Å². The van der Waals surface area contributed by atoms with E-state index < -0.39 is 6.04 Å². The molecule has 2 aromatic carbocycles. The van der Waals surface area contributed by atoms with E-state index in [4.69, 9.17) is 21.1 Å². The van der Waals surface area contributed by atoms with E-state index in [-0.39, 0.29) is 11.8 Å². The van der Waals surface area contributed by atoms with E-state index in [9.17, 15) is 9.59 Å². The van der Waals surface area contributed by atoms with Crippen molar-refractivity contribution < 1.29 is 19.1 Å². The summed E-state index contributed by atoms with van der Waals surface area (Å²) in [7, 11) is 1.59. The van der Waals surface area contributed by atoms with Gasteiger partial charge in [-0.1, -0.05) is 43.1 Å². The molecule has 1 N–H and O–H groups in total. The van der Waals surface area contributed by atoms with Gasteiger partial charge in [0, 0.05) is 12.5 Å². The standard InChI is InChI=1S/C22H25ClN2O4/c1-4-5-11-29-18-10-9-15(12-19(18)28-3)13-25-21-16(7-6-8-17(21)23)20(22(25)27)24-14(2)26/h6-10,12,20H,4-5,11,13H2,1-3H3,(H,24,26). The first-order valence-corrected chi connectivity index (χ1v) is 10.0. The largest absolute Gasteiger partial charge is 0.493 e. The van der Waals surface area contributed by atoms with Crippen molar-refractivity contribution in [3.63, 3.8) is 0 Å². The first-order valence-electron chi connectivity index (χ1n) is 9.62. The van der Waals surface area contributed by atoms with E-state index in [1.54, 1.807) is 24.1 Å². The zero-order valence-corrected chi connectivity index (χ0v) is 17.6. The Morgan fingerprint density at radius 2 is 2.03 bits per heavy atom. The molecule has 0 aromatic heterocycles. The number of halogens is 1. The summed E-state index contributed by atoms with van der Waals surface area (Å²) in [6.45, 7) is 4.42. The number of ether oxygens (including phenoxy) is 2. The molecule has 2 amide bonds. The van der Waals surface area contributed by atoms with Crippen LogP contribution in [0.4, 0.5) is 5.69 Å². The normalized spacial score (nSPS) is 15.2. The lowest BCUT2D eigenvalue weighted by Crippen LogP contribution is -2.36. The smallest absolute Gasteiger partial charge is 0.254 e. The van der Waals surface area contributed by atoms with Gasteiger partial charge in [-0.2, -0.15) is 0 Å². The number of nitrogens with zero attached hydrogens (tertiary/aromatic N) is 1. The maximum Gasteiger partial charge on any atom is 0.254 e. The lowest BCUT2D eigenvalue weighted by atomic mass is 10.1. The number of rotatable bonds is 8. The maximum atomic E-state index is 13.0. The predicted octanol–water partition coefficient (Wildman–Crippen LogP) is 4.25. The monoisotopic (exact) mass is 416 g/mol. The molecule has 0 radical (unpaired) electrons. The quantitative estimate of drug-likeness (QED) is 0.653. The minimum atomic E-state index is -0.736. The van der Waals surface area contributed by atoms with Crippen molar-refractivity contribution in [1.82, 2.24) is 5.32 Å². The number of hydrogen-bond donors (Lipinski definition) is 1. The number of amides is 2. The SMILES string of the molecule is CCCCOc1ccc(CN2C(=O)C(NC(C)=O)c3cccc(Cl)c32)cc1OC. The van der Waals surface area contributed by atoms with Crippen molar-refractivity contribution in [2.45, 2.75) is 39.3 Å². The van der Waals surface area contributed by atoms with E-state index in [1.165, 1.54) is 6.92 Å². The van der Waals surface area contributed by atoms with Crippen LogP contribution in [-0.4, -0.2) is 25.5 Å². The van der Waals surface area contributed by atoms with Crippen molar-refractivity contribution in [3.8, 4) is 11.5 Å². The Kier molecular flexibility index (Phi) is 6.64. The van der Waals surface area contributed by atoms with Crippen LogP contribution in [0.2, 0.25) is 5.02 Å². The van der Waals surface area contributed by atoms with Crippen molar-refractivity contribution in [2.24, 2.45) is 0 Å². The van der Waals surface area contributed by atoms with Gasteiger partial charge in [0.15, 0.2) is 11.5 Å². The van der Waals surface area contributed by atoms with Gasteiger partial charge in [0.1, 0.15) is 6.04 Å². The first-order chi connectivity index (χ1) is 14.0. The number of unbranched alkanes of at least 4 members (excludes halogenated alkanes) is 1. The van der Waals surface area contributed by atoms with Crippen LogP contribution in [-0.2, 0) is 16.1 Å². The highest BCUT2D eigenvalue weighted by molar-refractivity contribution is 6.34. The van der Waals surface area contributed by atoms with Crippen LogP contribution in [0.25, 0.3) is 0 Å². The molecule has 1 aliphatic heterocycles. The molecule has 1 unspecified atom stereocenters. The van der Waals surface area contributed by atoms with Crippen LogP contribution >= 0.6 is 11.6 Å². The van der Waals surface area contributed by atoms with Crippen molar-refractivity contribution >= 4 is 29.1 Å². The fraction of sp³-hybridized carbons (Fsp3) is 0.364. The Hall–Kier alpha value is -2.73. The van der Waals surface area contributed by atoms with Crippen molar-refractivity contribution in [1.29, 1.82) is 0 Å². The summed E-state index contributed by atoms with van der Waals surface area (Å²) in [4.78, 5) is 26.2. The Morgan fingerprint density at radius 3 is 2.72 bits per heavy atom. The van der Waals surface area contributed by atoms with E-state index in [0.717, 1.165) is 18.4 Å². The lowest BCUT2D eigenvalue weighted by Gasteiger charge is -2.20. The van der Waals surface area contributed by atoms with Crippen LogP contribution in [0, 0.1) is 0 Å². The molecule has 1 aliphatic rings. The third-order valence-electron chi connectivity index (χ3n) is 4.78. The van der Waals surface area contributed by atoms with E-state index >= 15 is 0 Å². The van der Waals surface area contributed by atoms with Gasteiger partial charge in [-0.25, -0.2) is 0 Å². The molecular weight excluding hydrogens is 392 g/mol. The third kappa shape index (κ3) is 4.48. The molecule has 2 aromatic rings. The van der Waals surface area contributed by atoms with Gasteiger partial charge in [0.2, 0.25) is 5.91 Å². The lowest BCUT2D eigenvalue weighted by molar-refractivity contribution is -0.126. The fourth-order valence-corrected chi connectivity index (χ4v) is 3.67. The van der Waals surface area contributed by atoms with Gasteiger partial charge in [-0.05, 0) is 30.2 Å². The minimum absolute atomic E-state index is 0.217. The molecule has 0 saturated carbocycles. The van der Waals surface area contributed by atoms with Crippen LogP contribution in [0.15, 0.2) is 36.4 Å². The molecule has 3 rings (SSSR count). The average Bonchev–Trinajstić information content (AvgIpc) is 2.95. The molecule has 0 bridgehead atoms. The van der Waals surface area contributed by atoms with Crippen molar-refractivity contribution in [3.05, 3.63) is 52.5 Å². The number of hydrogen-bond acceptors (Lipinski definition) is 4. The molecule has 0 aliphatic carbocycles. The molecule has 1 atom stereocenters. The summed E-state index contributed by atoms with van der Waals surface area (Å²) in [6, 6.07) is 10.2. The number of carbonyl (C=O) groups excluding carboxylic acids is 2. The van der Waals surface area contributed by atoms with Crippen LogP contribution in [0.5, 0.6) is 11.5 Å². The van der Waals surface area contributed by atoms with Crippen LogP contribution < -0.4 is 19.7 Å². The number of nitrogens with one attached hydrogen (secondary N) is 1. The Morgan fingerprint density at radius 1 is 1.24 bits per heavy atom. The number of carbonyl (C=O) groups is 2. The highest BCUT2D eigenvalue weighted by atomic mass is 35.5. The Bertz CT molecular complexity index is 916. The van der Waals surface area contributed by atoms with Gasteiger partial charge < -0.3 is 19.7 Å². The summed E-state index contributed by atoms with van der Waals surface area (Å²) in [5, 5.41) is 3.19. The molecule has 0 saturated heterocycles. The van der Waals surface area contributed by atoms with E-state index in [0.29, 0.717) is 40.9 Å². The molecular formula is C22H25ClN2O4. The third-order valence-corrected chi connectivity index (χ3v) is 5.09. The van der Waals surface area contributed by atoms with E-state index in [2.05, 4.69) is 12.2 Å². The molecule has 29 heavy (non-hydrogen) atoms. The second-order valence-corrected chi connectivity index (χ2v) is 7.33. The molecule has 0 fully saturated rings. The summed E-state index contributed by atoms with van der Waals surface area (Å²) in [5.41, 5.74) is 2.19. The predicted molar refractivity (Wildman–Crippen MR) is 113 cm³/mol. The molecule has 154 valence electrons. The van der Waals surface area contributed by atoms with Crippen LogP contribution in [0.1, 0.15) is 43.9 Å². The zero-order chi connectivity index (χ0) is 21.0. The number of benzene rings is 2. The summed E-state index contributed by atoms with van der Waals surface area (Å²) in [5.74, 6) is 0.798. The second-order valence-electron chi connectivity index (χ2n) is 6.92. The summed E-state index contributed by atoms with van der Waals surface area (Å²) >= 11 is 6.40. The molecule has 6 nitrogen and oxygen atoms in total. The molecule has 7 heteroatoms. The van der Waals surface area contributed by atoms with E-state index in [1.807, 2.05) is 24.3 Å². The number of anilines is 1. The zero-order valence-electron chi connectivity index (χ0n) is 16.8. The first kappa shape index (κ1) is 21.0. The Balaban J connectivity index is 1.88. The summed E-state index contributed by atoms with van der Waals surface area (Å²) < 4.78 is 11.2. The molecule has 0 spiro atoms. The maximum absolute atomic E-state index is 13.0. The number of fused-ring (bicyclic) bond motifs is 1. The van der Waals surface area contributed by atoms with Gasteiger partial charge in [-0.3, -0.25) is 9.59 Å². The highest BCUT2D eigenvalue weighted by Gasteiger charge is 2.39. The van der Waals surface area contributed by atoms with Gasteiger partial charge >= 0.3 is 0 Å². The average molecular weight is 417 g/mol. The minimum Gasteiger partial charge on any atom is -0.493 e.